The largest absolute Gasteiger partial charge is 0.352 e. The molecule has 0 fully saturated rings. The van der Waals surface area contributed by atoms with E-state index in [1.165, 1.54) is 6.07 Å². The van der Waals surface area contributed by atoms with E-state index < -0.39 is 0 Å². The molecule has 1 unspecified atom stereocenters. The van der Waals surface area contributed by atoms with Crippen LogP contribution in [-0.2, 0) is 13.1 Å². The molecule has 2 aromatic rings. The topological polar surface area (TPSA) is 39.7 Å². The fraction of sp³-hybridized carbons (Fsp3) is 0.350. The number of hydrogen-bond acceptors (Lipinski definition) is 2. The maximum absolute atomic E-state index is 13.9. The lowest BCUT2D eigenvalue weighted by molar-refractivity contribution is 0.392. The Morgan fingerprint density at radius 3 is 2.65 bits per heavy atom. The fourth-order valence-electron chi connectivity index (χ4n) is 2.64. The van der Waals surface area contributed by atoms with E-state index in [1.54, 1.807) is 13.1 Å². The number of rotatable bonds is 6. The molecule has 0 aliphatic heterocycles. The summed E-state index contributed by atoms with van der Waals surface area (Å²) in [5.41, 5.74) is 2.77. The lowest BCUT2D eigenvalue weighted by atomic mass is 10.1. The lowest BCUT2D eigenvalue weighted by Crippen LogP contribution is -2.38. The van der Waals surface area contributed by atoms with Gasteiger partial charge >= 0.3 is 0 Å². The van der Waals surface area contributed by atoms with E-state index in [0.717, 1.165) is 11.1 Å². The molecule has 2 rings (SSSR count). The van der Waals surface area contributed by atoms with Gasteiger partial charge in [0.1, 0.15) is 5.82 Å². The van der Waals surface area contributed by atoms with Crippen LogP contribution in [0.3, 0.4) is 0 Å². The van der Waals surface area contributed by atoms with Gasteiger partial charge in [-0.3, -0.25) is 4.99 Å². The van der Waals surface area contributed by atoms with Gasteiger partial charge in [0.2, 0.25) is 0 Å². The molecule has 140 valence electrons. The van der Waals surface area contributed by atoms with Gasteiger partial charge in [-0.2, -0.15) is 0 Å². The van der Waals surface area contributed by atoms with E-state index in [1.807, 2.05) is 56.3 Å². The first-order valence-electron chi connectivity index (χ1n) is 8.53. The van der Waals surface area contributed by atoms with Gasteiger partial charge in [0.05, 0.1) is 6.04 Å². The van der Waals surface area contributed by atoms with Crippen molar-refractivity contribution in [3.63, 3.8) is 0 Å². The second-order valence-corrected chi connectivity index (χ2v) is 6.95. The Balaban J connectivity index is 1.98. The smallest absolute Gasteiger partial charge is 0.191 e. The SMILES string of the molecule is CN=C(NCc1ccc(F)c(CN(C)C)c1)NC(C)c1cccc(Cl)c1. The van der Waals surface area contributed by atoms with Crippen molar-refractivity contribution in [2.24, 2.45) is 4.99 Å². The molecule has 0 aliphatic carbocycles. The number of nitrogens with zero attached hydrogens (tertiary/aromatic N) is 2. The van der Waals surface area contributed by atoms with Crippen LogP contribution >= 0.6 is 11.6 Å². The summed E-state index contributed by atoms with van der Waals surface area (Å²) in [4.78, 5) is 6.21. The normalized spacial score (nSPS) is 13.0. The summed E-state index contributed by atoms with van der Waals surface area (Å²) in [6.07, 6.45) is 0. The van der Waals surface area contributed by atoms with Gasteiger partial charge in [0, 0.05) is 30.7 Å². The molecule has 26 heavy (non-hydrogen) atoms. The number of halogens is 2. The molecule has 2 N–H and O–H groups in total. The number of aliphatic imine (C=N–C) groups is 1. The van der Waals surface area contributed by atoms with Crippen molar-refractivity contribution in [1.29, 1.82) is 0 Å². The third-order valence-corrected chi connectivity index (χ3v) is 4.22. The second-order valence-electron chi connectivity index (χ2n) is 6.51. The number of guanidine groups is 1. The lowest BCUT2D eigenvalue weighted by Gasteiger charge is -2.19. The summed E-state index contributed by atoms with van der Waals surface area (Å²) < 4.78 is 13.9. The van der Waals surface area contributed by atoms with Crippen molar-refractivity contribution in [3.05, 3.63) is 70.0 Å². The standard InChI is InChI=1S/C20H26ClFN4/c1-14(16-6-5-7-18(21)11-16)25-20(23-2)24-12-15-8-9-19(22)17(10-15)13-26(3)4/h5-11,14H,12-13H2,1-4H3,(H2,23,24,25). The van der Waals surface area contributed by atoms with Gasteiger partial charge in [0.25, 0.3) is 0 Å². The van der Waals surface area contributed by atoms with Gasteiger partial charge in [-0.15, -0.1) is 0 Å². The summed E-state index contributed by atoms with van der Waals surface area (Å²) in [5, 5.41) is 7.31. The van der Waals surface area contributed by atoms with E-state index in [0.29, 0.717) is 29.6 Å². The molecule has 0 amide bonds. The molecule has 0 saturated carbocycles. The molecular formula is C20H26ClFN4. The summed E-state index contributed by atoms with van der Waals surface area (Å²) in [6, 6.07) is 13.0. The predicted molar refractivity (Wildman–Crippen MR) is 107 cm³/mol. The van der Waals surface area contributed by atoms with Gasteiger partial charge < -0.3 is 15.5 Å². The molecule has 0 bridgehead atoms. The monoisotopic (exact) mass is 376 g/mol. The fourth-order valence-corrected chi connectivity index (χ4v) is 2.84. The maximum atomic E-state index is 13.9. The van der Waals surface area contributed by atoms with Crippen LogP contribution in [0.25, 0.3) is 0 Å². The van der Waals surface area contributed by atoms with E-state index in [-0.39, 0.29) is 11.9 Å². The maximum Gasteiger partial charge on any atom is 0.191 e. The van der Waals surface area contributed by atoms with E-state index in [2.05, 4.69) is 15.6 Å². The van der Waals surface area contributed by atoms with Crippen LogP contribution in [0.15, 0.2) is 47.5 Å². The highest BCUT2D eigenvalue weighted by atomic mass is 35.5. The summed E-state index contributed by atoms with van der Waals surface area (Å²) in [7, 11) is 5.57. The van der Waals surface area contributed by atoms with Crippen LogP contribution in [0.2, 0.25) is 5.02 Å². The highest BCUT2D eigenvalue weighted by Crippen LogP contribution is 2.17. The van der Waals surface area contributed by atoms with Crippen LogP contribution in [0.4, 0.5) is 4.39 Å². The van der Waals surface area contributed by atoms with E-state index in [4.69, 9.17) is 11.6 Å². The molecule has 6 heteroatoms. The average molecular weight is 377 g/mol. The minimum Gasteiger partial charge on any atom is -0.352 e. The number of nitrogens with one attached hydrogen (secondary N) is 2. The van der Waals surface area contributed by atoms with E-state index >= 15 is 0 Å². The quantitative estimate of drug-likeness (QED) is 0.592. The summed E-state index contributed by atoms with van der Waals surface area (Å²) >= 11 is 6.06. The van der Waals surface area contributed by atoms with Crippen molar-refractivity contribution in [1.82, 2.24) is 15.5 Å². The Morgan fingerprint density at radius 1 is 1.23 bits per heavy atom. The van der Waals surface area contributed by atoms with Crippen molar-refractivity contribution < 1.29 is 4.39 Å². The van der Waals surface area contributed by atoms with Crippen LogP contribution in [0, 0.1) is 5.82 Å². The third kappa shape index (κ3) is 6.00. The molecule has 2 aromatic carbocycles. The Hall–Kier alpha value is -2.11. The highest BCUT2D eigenvalue weighted by molar-refractivity contribution is 6.30. The molecule has 0 aromatic heterocycles. The third-order valence-electron chi connectivity index (χ3n) is 3.98. The first kappa shape index (κ1) is 20.2. The Kier molecular flexibility index (Phi) is 7.42. The van der Waals surface area contributed by atoms with Gasteiger partial charge in [-0.1, -0.05) is 29.8 Å². The van der Waals surface area contributed by atoms with Crippen LogP contribution < -0.4 is 10.6 Å². The van der Waals surface area contributed by atoms with Gasteiger partial charge in [-0.05, 0) is 56.4 Å². The zero-order valence-corrected chi connectivity index (χ0v) is 16.4. The summed E-state index contributed by atoms with van der Waals surface area (Å²) in [6.45, 7) is 3.17. The minimum atomic E-state index is -0.181. The predicted octanol–water partition coefficient (Wildman–Crippen LogP) is 3.97. The Labute approximate surface area is 160 Å². The second kappa shape index (κ2) is 9.55. The molecule has 4 nitrogen and oxygen atoms in total. The first-order valence-corrected chi connectivity index (χ1v) is 8.91. The Morgan fingerprint density at radius 2 is 2.00 bits per heavy atom. The van der Waals surface area contributed by atoms with Crippen molar-refractivity contribution in [2.75, 3.05) is 21.1 Å². The zero-order valence-electron chi connectivity index (χ0n) is 15.7. The average Bonchev–Trinajstić information content (AvgIpc) is 2.60. The zero-order chi connectivity index (χ0) is 19.1. The van der Waals surface area contributed by atoms with Crippen LogP contribution in [0.1, 0.15) is 29.7 Å². The molecule has 0 spiro atoms. The van der Waals surface area contributed by atoms with Gasteiger partial charge in [0.15, 0.2) is 5.96 Å². The molecule has 0 heterocycles. The Bertz CT molecular complexity index is 761. The number of hydrogen-bond donors (Lipinski definition) is 2. The highest BCUT2D eigenvalue weighted by Gasteiger charge is 2.09. The van der Waals surface area contributed by atoms with Crippen molar-refractivity contribution in [3.8, 4) is 0 Å². The first-order chi connectivity index (χ1) is 12.4. The van der Waals surface area contributed by atoms with Crippen LogP contribution in [0.5, 0.6) is 0 Å². The molecule has 1 atom stereocenters. The number of benzene rings is 2. The van der Waals surface area contributed by atoms with Gasteiger partial charge in [-0.25, -0.2) is 4.39 Å². The molecule has 0 saturated heterocycles. The van der Waals surface area contributed by atoms with Crippen molar-refractivity contribution in [2.45, 2.75) is 26.1 Å². The molecular weight excluding hydrogens is 351 g/mol. The minimum absolute atomic E-state index is 0.0532. The van der Waals surface area contributed by atoms with Crippen molar-refractivity contribution >= 4 is 17.6 Å². The molecule has 0 aliphatic rings. The molecule has 0 radical (unpaired) electrons. The summed E-state index contributed by atoms with van der Waals surface area (Å²) in [5.74, 6) is 0.496. The van der Waals surface area contributed by atoms with E-state index in [9.17, 15) is 4.39 Å². The van der Waals surface area contributed by atoms with Crippen LogP contribution in [-0.4, -0.2) is 32.0 Å².